The van der Waals surface area contributed by atoms with Crippen LogP contribution in [0.15, 0.2) is 41.6 Å². The number of hydrogen-bond donors (Lipinski definition) is 0. The monoisotopic (exact) mass is 338 g/mol. The number of hydrogen-bond acceptors (Lipinski definition) is 4. The number of nitrogens with zero attached hydrogens (tertiary/aromatic N) is 2. The van der Waals surface area contributed by atoms with Crippen molar-refractivity contribution in [1.82, 2.24) is 9.29 Å². The van der Waals surface area contributed by atoms with Gasteiger partial charge in [0.25, 0.3) is 0 Å². The Morgan fingerprint density at radius 2 is 2.00 bits per heavy atom. The number of methoxy groups -OCH3 is 1. The van der Waals surface area contributed by atoms with E-state index < -0.39 is 21.9 Å². The van der Waals surface area contributed by atoms with Crippen LogP contribution in [-0.4, -0.2) is 31.9 Å². The maximum Gasteiger partial charge on any atom is 0.243 e. The van der Waals surface area contributed by atoms with Crippen LogP contribution in [0.5, 0.6) is 5.75 Å². The highest BCUT2D eigenvalue weighted by Crippen LogP contribution is 2.31. The summed E-state index contributed by atoms with van der Waals surface area (Å²) in [4.78, 5) is 3.92. The Hall–Kier alpha value is -1.99. The van der Waals surface area contributed by atoms with E-state index in [4.69, 9.17) is 4.74 Å². The first-order chi connectivity index (χ1) is 10.8. The molecule has 0 radical (unpaired) electrons. The Morgan fingerprint density at radius 1 is 1.30 bits per heavy atom. The molecule has 0 fully saturated rings. The van der Waals surface area contributed by atoms with Gasteiger partial charge in [-0.05, 0) is 37.6 Å². The van der Waals surface area contributed by atoms with E-state index in [1.54, 1.807) is 31.5 Å². The first-order valence-corrected chi connectivity index (χ1v) is 8.45. The number of sulfonamides is 1. The number of pyridine rings is 1. The lowest BCUT2D eigenvalue weighted by Crippen LogP contribution is -2.30. The van der Waals surface area contributed by atoms with Gasteiger partial charge >= 0.3 is 0 Å². The third kappa shape index (κ3) is 3.20. The molecule has 2 rings (SSSR count). The van der Waals surface area contributed by atoms with E-state index in [-0.39, 0.29) is 16.2 Å². The molecule has 1 unspecified atom stereocenters. The normalized spacial score (nSPS) is 13.1. The van der Waals surface area contributed by atoms with Crippen LogP contribution in [0.3, 0.4) is 0 Å². The molecule has 0 amide bonds. The molecule has 0 aliphatic rings. The lowest BCUT2D eigenvalue weighted by Gasteiger charge is -2.25. The zero-order valence-corrected chi connectivity index (χ0v) is 14.3. The van der Waals surface area contributed by atoms with Gasteiger partial charge in [-0.3, -0.25) is 4.98 Å². The zero-order valence-electron chi connectivity index (χ0n) is 13.4. The standard InChI is InChI=1S/C16H19FN2O3S/c1-11-15(8-7-14(22-4)16(11)17)23(20,21)19(3)12(2)13-6-5-9-18-10-13/h5-10,12H,1-4H3. The van der Waals surface area contributed by atoms with Gasteiger partial charge in [0.1, 0.15) is 0 Å². The third-order valence-corrected chi connectivity index (χ3v) is 5.96. The number of ether oxygens (including phenoxy) is 1. The summed E-state index contributed by atoms with van der Waals surface area (Å²) < 4.78 is 45.9. The Kier molecular flexibility index (Phi) is 5.01. The van der Waals surface area contributed by atoms with Crippen LogP contribution in [0, 0.1) is 12.7 Å². The van der Waals surface area contributed by atoms with Crippen molar-refractivity contribution in [3.8, 4) is 5.75 Å². The largest absolute Gasteiger partial charge is 0.494 e. The molecule has 23 heavy (non-hydrogen) atoms. The first kappa shape index (κ1) is 17.4. The number of benzene rings is 1. The summed E-state index contributed by atoms with van der Waals surface area (Å²) in [6.45, 7) is 3.18. The van der Waals surface area contributed by atoms with E-state index in [0.29, 0.717) is 0 Å². The first-order valence-electron chi connectivity index (χ1n) is 7.01. The Morgan fingerprint density at radius 3 is 2.57 bits per heavy atom. The maximum absolute atomic E-state index is 14.2. The van der Waals surface area contributed by atoms with E-state index in [2.05, 4.69) is 4.98 Å². The van der Waals surface area contributed by atoms with Crippen LogP contribution in [0.25, 0.3) is 0 Å². The van der Waals surface area contributed by atoms with Gasteiger partial charge in [-0.2, -0.15) is 4.31 Å². The molecule has 0 bridgehead atoms. The molecule has 1 heterocycles. The average molecular weight is 338 g/mol. The smallest absolute Gasteiger partial charge is 0.243 e. The molecule has 0 spiro atoms. The van der Waals surface area contributed by atoms with E-state index in [1.807, 2.05) is 0 Å². The van der Waals surface area contributed by atoms with E-state index in [1.165, 1.54) is 37.5 Å². The van der Waals surface area contributed by atoms with Crippen LogP contribution >= 0.6 is 0 Å². The predicted octanol–water partition coefficient (Wildman–Crippen LogP) is 2.92. The molecule has 0 saturated carbocycles. The van der Waals surface area contributed by atoms with Gasteiger partial charge in [0.2, 0.25) is 10.0 Å². The lowest BCUT2D eigenvalue weighted by atomic mass is 10.1. The second-order valence-corrected chi connectivity index (χ2v) is 7.15. The summed E-state index contributed by atoms with van der Waals surface area (Å²) in [5.41, 5.74) is 0.791. The minimum absolute atomic E-state index is 0.0180. The van der Waals surface area contributed by atoms with Crippen molar-refractivity contribution >= 4 is 10.0 Å². The van der Waals surface area contributed by atoms with E-state index in [9.17, 15) is 12.8 Å². The average Bonchev–Trinajstić information content (AvgIpc) is 2.56. The van der Waals surface area contributed by atoms with Crippen molar-refractivity contribution in [3.05, 3.63) is 53.6 Å². The zero-order chi connectivity index (χ0) is 17.2. The third-order valence-electron chi connectivity index (χ3n) is 3.89. The van der Waals surface area contributed by atoms with Crippen LogP contribution < -0.4 is 4.74 Å². The Balaban J connectivity index is 2.44. The highest BCUT2D eigenvalue weighted by molar-refractivity contribution is 7.89. The summed E-state index contributed by atoms with van der Waals surface area (Å²) in [5, 5.41) is 0. The second-order valence-electron chi connectivity index (χ2n) is 5.19. The molecule has 0 saturated heterocycles. The molecular formula is C16H19FN2O3S. The van der Waals surface area contributed by atoms with Crippen molar-refractivity contribution in [2.24, 2.45) is 0 Å². The van der Waals surface area contributed by atoms with E-state index >= 15 is 0 Å². The lowest BCUT2D eigenvalue weighted by molar-refractivity contribution is 0.381. The van der Waals surface area contributed by atoms with Gasteiger partial charge in [0.15, 0.2) is 11.6 Å². The molecule has 7 heteroatoms. The number of halogens is 1. The molecule has 1 aromatic carbocycles. The highest BCUT2D eigenvalue weighted by Gasteiger charge is 2.29. The fraction of sp³-hybridized carbons (Fsp3) is 0.312. The second kappa shape index (κ2) is 6.64. The fourth-order valence-corrected chi connectivity index (χ4v) is 3.84. The molecule has 0 aliphatic heterocycles. The molecule has 1 atom stereocenters. The Bertz CT molecular complexity index is 794. The summed E-state index contributed by atoms with van der Waals surface area (Å²) in [6, 6.07) is 5.78. The van der Waals surface area contributed by atoms with Crippen LogP contribution in [-0.2, 0) is 10.0 Å². The summed E-state index contributed by atoms with van der Waals surface area (Å²) in [7, 11) is -1.05. The van der Waals surface area contributed by atoms with Crippen LogP contribution in [0.2, 0.25) is 0 Å². The quantitative estimate of drug-likeness (QED) is 0.841. The number of rotatable bonds is 5. The van der Waals surface area contributed by atoms with Gasteiger partial charge in [-0.25, -0.2) is 12.8 Å². The molecule has 0 N–H and O–H groups in total. The predicted molar refractivity (Wildman–Crippen MR) is 85.3 cm³/mol. The van der Waals surface area contributed by atoms with Crippen molar-refractivity contribution in [2.45, 2.75) is 24.8 Å². The molecule has 1 aromatic heterocycles. The van der Waals surface area contributed by atoms with E-state index in [0.717, 1.165) is 5.56 Å². The summed E-state index contributed by atoms with van der Waals surface area (Å²) >= 11 is 0. The molecule has 124 valence electrons. The molecular weight excluding hydrogens is 319 g/mol. The van der Waals surface area contributed by atoms with Crippen LogP contribution in [0.1, 0.15) is 24.1 Å². The van der Waals surface area contributed by atoms with Gasteiger partial charge in [0, 0.05) is 31.0 Å². The van der Waals surface area contributed by atoms with Gasteiger partial charge < -0.3 is 4.74 Å². The summed E-state index contributed by atoms with van der Waals surface area (Å²) in [6.07, 6.45) is 3.23. The van der Waals surface area contributed by atoms with Crippen molar-refractivity contribution < 1.29 is 17.5 Å². The van der Waals surface area contributed by atoms with Crippen molar-refractivity contribution in [3.63, 3.8) is 0 Å². The Labute approximate surface area is 135 Å². The molecule has 0 aliphatic carbocycles. The van der Waals surface area contributed by atoms with Crippen molar-refractivity contribution in [1.29, 1.82) is 0 Å². The number of aromatic nitrogens is 1. The topological polar surface area (TPSA) is 59.5 Å². The molecule has 2 aromatic rings. The van der Waals surface area contributed by atoms with Crippen molar-refractivity contribution in [2.75, 3.05) is 14.2 Å². The minimum atomic E-state index is -3.85. The van der Waals surface area contributed by atoms with Gasteiger partial charge in [-0.15, -0.1) is 0 Å². The molecule has 5 nitrogen and oxygen atoms in total. The minimum Gasteiger partial charge on any atom is -0.494 e. The summed E-state index contributed by atoms with van der Waals surface area (Å²) in [5.74, 6) is -0.652. The maximum atomic E-state index is 14.2. The van der Waals surface area contributed by atoms with Gasteiger partial charge in [0.05, 0.1) is 12.0 Å². The van der Waals surface area contributed by atoms with Gasteiger partial charge in [-0.1, -0.05) is 6.07 Å². The van der Waals surface area contributed by atoms with Crippen LogP contribution in [0.4, 0.5) is 4.39 Å². The highest BCUT2D eigenvalue weighted by atomic mass is 32.2. The SMILES string of the molecule is COc1ccc(S(=O)(=O)N(C)C(C)c2cccnc2)c(C)c1F. The fourth-order valence-electron chi connectivity index (χ4n) is 2.28.